The van der Waals surface area contributed by atoms with Gasteiger partial charge in [-0.15, -0.1) is 12.4 Å². The molecule has 3 nitrogen and oxygen atoms in total. The summed E-state index contributed by atoms with van der Waals surface area (Å²) < 4.78 is 0. The van der Waals surface area contributed by atoms with Gasteiger partial charge >= 0.3 is 0 Å². The highest BCUT2D eigenvalue weighted by Gasteiger charge is 2.16. The van der Waals surface area contributed by atoms with E-state index in [4.69, 9.17) is 5.84 Å². The molecular weight excluding hydrogens is 210 g/mol. The molecule has 0 spiro atoms. The molecule has 0 aromatic heterocycles. The molecule has 3 N–H and O–H groups in total. The van der Waals surface area contributed by atoms with Crippen LogP contribution in [-0.2, 0) is 6.42 Å². The van der Waals surface area contributed by atoms with Crippen LogP contribution < -0.4 is 16.2 Å². The normalized spacial score (nSPS) is 13.3. The van der Waals surface area contributed by atoms with Gasteiger partial charge in [-0.05, 0) is 24.5 Å². The largest absolute Gasteiger partial charge is 0.373 e. The van der Waals surface area contributed by atoms with Gasteiger partial charge in [0.1, 0.15) is 0 Å². The smallest absolute Gasteiger partial charge is 0.0722 e. The van der Waals surface area contributed by atoms with E-state index in [1.165, 1.54) is 17.7 Å². The average molecular weight is 230 g/mol. The van der Waals surface area contributed by atoms with Crippen LogP contribution in [0.5, 0.6) is 0 Å². The third-order valence-corrected chi connectivity index (χ3v) is 2.60. The van der Waals surface area contributed by atoms with E-state index in [1.807, 2.05) is 12.1 Å². The summed E-state index contributed by atoms with van der Waals surface area (Å²) >= 11 is 0. The molecule has 0 saturated carbocycles. The number of hydrogen-bond donors (Lipinski definition) is 2. The minimum absolute atomic E-state index is 0. The van der Waals surface area contributed by atoms with Crippen LogP contribution in [0.25, 0.3) is 0 Å². The van der Waals surface area contributed by atoms with E-state index < -0.39 is 0 Å². The maximum atomic E-state index is 5.46. The summed E-state index contributed by atoms with van der Waals surface area (Å²) in [6.45, 7) is 1.12. The summed E-state index contributed by atoms with van der Waals surface area (Å²) in [5.74, 6) is 5.46. The number of rotatable bonds is 1. The Kier molecular flexibility index (Phi) is 5.47. The summed E-state index contributed by atoms with van der Waals surface area (Å²) in [5, 5.41) is 0. The number of nitrogens with one attached hydrogen (secondary N) is 1. The number of hydrogen-bond acceptors (Lipinski definition) is 3. The molecule has 86 valence electrons. The number of fused-ring (bicyclic) bond motifs is 1. The predicted octanol–water partition coefficient (Wildman–Crippen LogP) is 2.41. The van der Waals surface area contributed by atoms with E-state index in [-0.39, 0.29) is 19.8 Å². The lowest BCUT2D eigenvalue weighted by Crippen LogP contribution is -2.26. The topological polar surface area (TPSA) is 41.3 Å². The van der Waals surface area contributed by atoms with E-state index in [2.05, 4.69) is 23.4 Å². The molecular formula is C11H20ClN3. The van der Waals surface area contributed by atoms with Crippen molar-refractivity contribution >= 4 is 23.8 Å². The Bertz CT molecular complexity index is 300. The van der Waals surface area contributed by atoms with Gasteiger partial charge in [-0.3, -0.25) is 5.84 Å². The Morgan fingerprint density at radius 2 is 2.13 bits per heavy atom. The second-order valence-electron chi connectivity index (χ2n) is 3.48. The molecule has 4 heteroatoms. The lowest BCUT2D eigenvalue weighted by atomic mass is 10.0. The van der Waals surface area contributed by atoms with Crippen molar-refractivity contribution in [3.05, 3.63) is 23.8 Å². The molecule has 1 heterocycles. The number of nitrogens with zero attached hydrogens (tertiary/aromatic N) is 1. The quantitative estimate of drug-likeness (QED) is 0.574. The molecule has 0 amide bonds. The number of nitrogens with two attached hydrogens (primary N) is 1. The Hall–Kier alpha value is -0.930. The molecule has 1 aliphatic rings. The van der Waals surface area contributed by atoms with Crippen LogP contribution in [0.1, 0.15) is 19.4 Å². The average Bonchev–Trinajstić information content (AvgIpc) is 2.17. The number of aryl methyl sites for hydroxylation is 1. The zero-order valence-corrected chi connectivity index (χ0v) is 9.10. The second kappa shape index (κ2) is 5.83. The standard InChI is InChI=1S/C10H15N3.CH4.ClH/c1-13-7-3-5-8-4-2-6-9(12-11)10(8)13;;/h2,4,6,12H,3,5,7,11H2,1H3;1H4;1H. The van der Waals surface area contributed by atoms with Crippen LogP contribution in [0.3, 0.4) is 0 Å². The van der Waals surface area contributed by atoms with Crippen molar-refractivity contribution in [2.24, 2.45) is 5.84 Å². The molecule has 1 aromatic carbocycles. The van der Waals surface area contributed by atoms with Crippen molar-refractivity contribution in [1.29, 1.82) is 0 Å². The third kappa shape index (κ3) is 2.55. The third-order valence-electron chi connectivity index (χ3n) is 2.60. The molecule has 0 bridgehead atoms. The number of benzene rings is 1. The highest BCUT2D eigenvalue weighted by atomic mass is 35.5. The number of anilines is 2. The van der Waals surface area contributed by atoms with E-state index in [1.54, 1.807) is 0 Å². The summed E-state index contributed by atoms with van der Waals surface area (Å²) in [6, 6.07) is 6.24. The number of halogens is 1. The first-order valence-corrected chi connectivity index (χ1v) is 4.62. The van der Waals surface area contributed by atoms with E-state index in [0.717, 1.165) is 18.7 Å². The molecule has 1 aromatic rings. The summed E-state index contributed by atoms with van der Waals surface area (Å²) in [6.07, 6.45) is 2.40. The molecule has 1 aliphatic heterocycles. The summed E-state index contributed by atoms with van der Waals surface area (Å²) in [4.78, 5) is 2.26. The van der Waals surface area contributed by atoms with Crippen LogP contribution in [0, 0.1) is 0 Å². The Balaban J connectivity index is 0.000000980. The fraction of sp³-hybridized carbons (Fsp3) is 0.455. The van der Waals surface area contributed by atoms with Gasteiger partial charge in [0.15, 0.2) is 0 Å². The molecule has 0 fully saturated rings. The van der Waals surface area contributed by atoms with Crippen molar-refractivity contribution in [3.8, 4) is 0 Å². The van der Waals surface area contributed by atoms with E-state index >= 15 is 0 Å². The molecule has 0 saturated heterocycles. The lowest BCUT2D eigenvalue weighted by Gasteiger charge is -2.29. The van der Waals surface area contributed by atoms with Crippen molar-refractivity contribution in [1.82, 2.24) is 0 Å². The number of hydrazine groups is 1. The molecule has 2 rings (SSSR count). The van der Waals surface area contributed by atoms with Gasteiger partial charge in [0.05, 0.1) is 11.4 Å². The highest BCUT2D eigenvalue weighted by molar-refractivity contribution is 5.85. The molecule has 0 radical (unpaired) electrons. The van der Waals surface area contributed by atoms with Gasteiger partial charge in [-0.25, -0.2) is 0 Å². The second-order valence-corrected chi connectivity index (χ2v) is 3.48. The van der Waals surface area contributed by atoms with Gasteiger partial charge in [0.25, 0.3) is 0 Å². The maximum absolute atomic E-state index is 5.46. The minimum atomic E-state index is 0. The molecule has 0 atom stereocenters. The van der Waals surface area contributed by atoms with E-state index in [0.29, 0.717) is 0 Å². The first kappa shape index (κ1) is 14.1. The first-order valence-electron chi connectivity index (χ1n) is 4.62. The lowest BCUT2D eigenvalue weighted by molar-refractivity contribution is 0.745. The maximum Gasteiger partial charge on any atom is 0.0722 e. The van der Waals surface area contributed by atoms with Crippen LogP contribution in [0.15, 0.2) is 18.2 Å². The van der Waals surface area contributed by atoms with Crippen LogP contribution in [0.2, 0.25) is 0 Å². The van der Waals surface area contributed by atoms with Crippen LogP contribution in [0.4, 0.5) is 11.4 Å². The summed E-state index contributed by atoms with van der Waals surface area (Å²) in [5.41, 5.74) is 6.42. The Morgan fingerprint density at radius 1 is 1.40 bits per heavy atom. The van der Waals surface area contributed by atoms with Crippen molar-refractivity contribution in [3.63, 3.8) is 0 Å². The Morgan fingerprint density at radius 3 is 2.80 bits per heavy atom. The van der Waals surface area contributed by atoms with Crippen LogP contribution >= 0.6 is 12.4 Å². The number of para-hydroxylation sites is 1. The fourth-order valence-corrected chi connectivity index (χ4v) is 1.98. The monoisotopic (exact) mass is 229 g/mol. The molecule has 0 unspecified atom stereocenters. The zero-order chi connectivity index (χ0) is 9.26. The summed E-state index contributed by atoms with van der Waals surface area (Å²) in [7, 11) is 2.11. The van der Waals surface area contributed by atoms with E-state index in [9.17, 15) is 0 Å². The van der Waals surface area contributed by atoms with Crippen molar-refractivity contribution in [2.45, 2.75) is 20.3 Å². The number of nitrogen functional groups attached to an aromatic ring is 1. The van der Waals surface area contributed by atoms with Gasteiger partial charge < -0.3 is 10.3 Å². The predicted molar refractivity (Wildman–Crippen MR) is 69.8 cm³/mol. The van der Waals surface area contributed by atoms with Gasteiger partial charge in [-0.2, -0.15) is 0 Å². The molecule has 0 aliphatic carbocycles. The minimum Gasteiger partial charge on any atom is -0.373 e. The Labute approximate surface area is 98.0 Å². The van der Waals surface area contributed by atoms with Crippen LogP contribution in [-0.4, -0.2) is 13.6 Å². The van der Waals surface area contributed by atoms with Gasteiger partial charge in [0, 0.05) is 13.6 Å². The van der Waals surface area contributed by atoms with Crippen molar-refractivity contribution in [2.75, 3.05) is 23.9 Å². The zero-order valence-electron chi connectivity index (χ0n) is 8.29. The van der Waals surface area contributed by atoms with Gasteiger partial charge in [0.2, 0.25) is 0 Å². The van der Waals surface area contributed by atoms with Gasteiger partial charge in [-0.1, -0.05) is 19.6 Å². The fourth-order valence-electron chi connectivity index (χ4n) is 1.98. The van der Waals surface area contributed by atoms with Crippen molar-refractivity contribution < 1.29 is 0 Å². The highest BCUT2D eigenvalue weighted by Crippen LogP contribution is 2.32. The first-order chi connectivity index (χ1) is 6.33. The SMILES string of the molecule is C.CN1CCCc2cccc(NN)c21.Cl. The molecule has 15 heavy (non-hydrogen) atoms.